The number of nitrogens with zero attached hydrogens (tertiary/aromatic N) is 3. The van der Waals surface area contributed by atoms with Crippen LogP contribution in [0.5, 0.6) is 0 Å². The third kappa shape index (κ3) is 3.28. The fraction of sp³-hybridized carbons (Fsp3) is 0.636. The third-order valence-corrected chi connectivity index (χ3v) is 3.13. The summed E-state index contributed by atoms with van der Waals surface area (Å²) in [6.07, 6.45) is 5.44. The summed E-state index contributed by atoms with van der Waals surface area (Å²) >= 11 is 6.06. The Bertz CT molecular complexity index is 355. The van der Waals surface area contributed by atoms with Crippen LogP contribution in [-0.4, -0.2) is 42.3 Å². The Balaban J connectivity index is 1.89. The minimum absolute atomic E-state index is 0.315. The van der Waals surface area contributed by atoms with E-state index in [1.54, 1.807) is 6.20 Å². The van der Waals surface area contributed by atoms with Crippen molar-refractivity contribution in [2.45, 2.75) is 18.9 Å². The van der Waals surface area contributed by atoms with E-state index in [0.717, 1.165) is 31.7 Å². The number of piperidine rings is 1. The Morgan fingerprint density at radius 1 is 1.47 bits per heavy atom. The minimum atomic E-state index is 0.315. The van der Waals surface area contributed by atoms with Gasteiger partial charge in [0.05, 0.1) is 18.9 Å². The molecule has 0 spiro atoms. The number of hydrogen-bond acceptors (Lipinski definition) is 5. The predicted octanol–water partition coefficient (Wildman–Crippen LogP) is 1.07. The van der Waals surface area contributed by atoms with E-state index in [2.05, 4.69) is 14.9 Å². The van der Waals surface area contributed by atoms with E-state index >= 15 is 0 Å². The molecule has 0 saturated carbocycles. The van der Waals surface area contributed by atoms with Crippen LogP contribution >= 0.6 is 11.6 Å². The van der Waals surface area contributed by atoms with Gasteiger partial charge in [0.25, 0.3) is 0 Å². The quantitative estimate of drug-likeness (QED) is 0.873. The second-order valence-electron chi connectivity index (χ2n) is 4.04. The van der Waals surface area contributed by atoms with Crippen LogP contribution in [0.1, 0.15) is 12.8 Å². The summed E-state index contributed by atoms with van der Waals surface area (Å²) in [6, 6.07) is 0. The van der Waals surface area contributed by atoms with Crippen molar-refractivity contribution in [3.05, 3.63) is 17.5 Å². The van der Waals surface area contributed by atoms with Gasteiger partial charge in [-0.25, -0.2) is 9.97 Å². The molecule has 0 unspecified atom stereocenters. The topological polar surface area (TPSA) is 64.3 Å². The van der Waals surface area contributed by atoms with Crippen LogP contribution in [0.25, 0.3) is 0 Å². The molecule has 5 nitrogen and oxygen atoms in total. The summed E-state index contributed by atoms with van der Waals surface area (Å²) in [5.74, 6) is 0.818. The minimum Gasteiger partial charge on any atom is -0.377 e. The number of halogens is 1. The van der Waals surface area contributed by atoms with Crippen LogP contribution in [0.3, 0.4) is 0 Å². The van der Waals surface area contributed by atoms with Crippen molar-refractivity contribution in [2.24, 2.45) is 5.73 Å². The van der Waals surface area contributed by atoms with Crippen LogP contribution in [0.15, 0.2) is 12.5 Å². The van der Waals surface area contributed by atoms with Crippen molar-refractivity contribution in [3.8, 4) is 0 Å². The zero-order chi connectivity index (χ0) is 12.1. The first-order chi connectivity index (χ1) is 8.31. The number of rotatable bonds is 4. The Morgan fingerprint density at radius 2 is 2.24 bits per heavy atom. The third-order valence-electron chi connectivity index (χ3n) is 2.86. The Labute approximate surface area is 106 Å². The van der Waals surface area contributed by atoms with Crippen molar-refractivity contribution in [1.29, 1.82) is 0 Å². The molecule has 0 radical (unpaired) electrons. The van der Waals surface area contributed by atoms with Crippen molar-refractivity contribution < 1.29 is 4.74 Å². The second-order valence-corrected chi connectivity index (χ2v) is 4.45. The van der Waals surface area contributed by atoms with Crippen molar-refractivity contribution in [2.75, 3.05) is 31.1 Å². The van der Waals surface area contributed by atoms with Gasteiger partial charge in [-0.05, 0) is 12.8 Å². The molecule has 6 heteroatoms. The van der Waals surface area contributed by atoms with E-state index in [9.17, 15) is 0 Å². The smallest absolute Gasteiger partial charge is 0.150 e. The molecule has 1 saturated heterocycles. The first kappa shape index (κ1) is 12.5. The number of aromatic nitrogens is 2. The molecule has 2 rings (SSSR count). The molecule has 2 N–H and O–H groups in total. The van der Waals surface area contributed by atoms with Crippen LogP contribution in [0, 0.1) is 0 Å². The van der Waals surface area contributed by atoms with Gasteiger partial charge in [0.15, 0.2) is 5.82 Å². The highest BCUT2D eigenvalue weighted by Gasteiger charge is 2.21. The Morgan fingerprint density at radius 3 is 2.88 bits per heavy atom. The molecule has 1 fully saturated rings. The molecule has 94 valence electrons. The van der Waals surface area contributed by atoms with E-state index in [-0.39, 0.29) is 0 Å². The van der Waals surface area contributed by atoms with Gasteiger partial charge in [-0.2, -0.15) is 0 Å². The van der Waals surface area contributed by atoms with Gasteiger partial charge < -0.3 is 15.4 Å². The zero-order valence-corrected chi connectivity index (χ0v) is 10.4. The summed E-state index contributed by atoms with van der Waals surface area (Å²) in [5.41, 5.74) is 5.41. The van der Waals surface area contributed by atoms with Gasteiger partial charge in [0.2, 0.25) is 0 Å². The summed E-state index contributed by atoms with van der Waals surface area (Å²) < 4.78 is 5.63. The van der Waals surface area contributed by atoms with Crippen LogP contribution < -0.4 is 10.6 Å². The van der Waals surface area contributed by atoms with Crippen LogP contribution in [0.4, 0.5) is 5.82 Å². The highest BCUT2D eigenvalue weighted by molar-refractivity contribution is 6.32. The first-order valence-electron chi connectivity index (χ1n) is 5.83. The molecule has 1 aliphatic heterocycles. The molecular weight excluding hydrogens is 240 g/mol. The van der Waals surface area contributed by atoms with E-state index < -0.39 is 0 Å². The van der Waals surface area contributed by atoms with Gasteiger partial charge in [0, 0.05) is 19.6 Å². The highest BCUT2D eigenvalue weighted by atomic mass is 35.5. The van der Waals surface area contributed by atoms with E-state index in [4.69, 9.17) is 22.1 Å². The fourth-order valence-electron chi connectivity index (χ4n) is 2.01. The number of hydrogen-bond donors (Lipinski definition) is 1. The largest absolute Gasteiger partial charge is 0.377 e. The molecule has 0 aliphatic carbocycles. The highest BCUT2D eigenvalue weighted by Crippen LogP contribution is 2.25. The number of ether oxygens (including phenoxy) is 1. The standard InChI is InChI=1S/C11H17ClN4O/c12-10-7-14-8-15-11(10)16-4-1-9(2-5-16)17-6-3-13/h7-9H,1-6,13H2. The fourth-order valence-corrected chi connectivity index (χ4v) is 2.23. The molecule has 0 bridgehead atoms. The number of anilines is 1. The summed E-state index contributed by atoms with van der Waals surface area (Å²) in [5, 5.41) is 0.605. The van der Waals surface area contributed by atoms with Gasteiger partial charge in [-0.3, -0.25) is 0 Å². The molecule has 2 heterocycles. The lowest BCUT2D eigenvalue weighted by Crippen LogP contribution is -2.38. The molecule has 1 aromatic rings. The monoisotopic (exact) mass is 256 g/mol. The maximum absolute atomic E-state index is 6.06. The molecule has 1 aromatic heterocycles. The molecule has 0 amide bonds. The van der Waals surface area contributed by atoms with Crippen molar-refractivity contribution >= 4 is 17.4 Å². The first-order valence-corrected chi connectivity index (χ1v) is 6.21. The van der Waals surface area contributed by atoms with Gasteiger partial charge in [-0.1, -0.05) is 11.6 Å². The summed E-state index contributed by atoms with van der Waals surface area (Å²) in [7, 11) is 0. The predicted molar refractivity (Wildman–Crippen MR) is 67.3 cm³/mol. The van der Waals surface area contributed by atoms with E-state index in [1.165, 1.54) is 6.33 Å². The molecule has 17 heavy (non-hydrogen) atoms. The second kappa shape index (κ2) is 6.14. The average Bonchev–Trinajstić information content (AvgIpc) is 2.38. The zero-order valence-electron chi connectivity index (χ0n) is 9.68. The number of nitrogens with two attached hydrogens (primary N) is 1. The SMILES string of the molecule is NCCOC1CCN(c2ncncc2Cl)CC1. The van der Waals surface area contributed by atoms with E-state index in [0.29, 0.717) is 24.3 Å². The van der Waals surface area contributed by atoms with Gasteiger partial charge >= 0.3 is 0 Å². The maximum Gasteiger partial charge on any atom is 0.150 e. The lowest BCUT2D eigenvalue weighted by molar-refractivity contribution is 0.0421. The van der Waals surface area contributed by atoms with Crippen molar-refractivity contribution in [3.63, 3.8) is 0 Å². The lowest BCUT2D eigenvalue weighted by Gasteiger charge is -2.32. The van der Waals surface area contributed by atoms with Crippen LogP contribution in [-0.2, 0) is 4.74 Å². The maximum atomic E-state index is 6.06. The summed E-state index contributed by atoms with van der Waals surface area (Å²) in [4.78, 5) is 10.3. The Hall–Kier alpha value is -0.910. The van der Waals surface area contributed by atoms with E-state index in [1.807, 2.05) is 0 Å². The normalized spacial score (nSPS) is 17.4. The van der Waals surface area contributed by atoms with Gasteiger partial charge in [0.1, 0.15) is 11.3 Å². The Kier molecular flexibility index (Phi) is 4.53. The average molecular weight is 257 g/mol. The van der Waals surface area contributed by atoms with Crippen LogP contribution in [0.2, 0.25) is 5.02 Å². The molecule has 1 aliphatic rings. The van der Waals surface area contributed by atoms with Crippen molar-refractivity contribution in [1.82, 2.24) is 9.97 Å². The molecular formula is C11H17ClN4O. The summed E-state index contributed by atoms with van der Waals surface area (Å²) in [6.45, 7) is 3.04. The van der Waals surface area contributed by atoms with Gasteiger partial charge in [-0.15, -0.1) is 0 Å². The lowest BCUT2D eigenvalue weighted by atomic mass is 10.1. The molecule has 0 aromatic carbocycles. The molecule has 0 atom stereocenters.